The van der Waals surface area contributed by atoms with Crippen LogP contribution in [0.4, 0.5) is 0 Å². The molecule has 2 aromatic heterocycles. The first-order valence-electron chi connectivity index (χ1n) is 17.4. The van der Waals surface area contributed by atoms with Crippen LogP contribution in [-0.4, -0.2) is 73.7 Å². The summed E-state index contributed by atoms with van der Waals surface area (Å²) < 4.78 is 34.5. The highest BCUT2D eigenvalue weighted by Crippen LogP contribution is 2.34. The first-order valence-corrected chi connectivity index (χ1v) is 18.2. The molecule has 0 atom stereocenters. The maximum absolute atomic E-state index is 12.3. The van der Waals surface area contributed by atoms with Gasteiger partial charge in [-0.05, 0) is 77.6 Å². The molecule has 0 bridgehead atoms. The van der Waals surface area contributed by atoms with Crippen molar-refractivity contribution in [3.8, 4) is 11.5 Å². The molecule has 0 amide bonds. The number of carbonyl (C=O) groups is 4. The van der Waals surface area contributed by atoms with Gasteiger partial charge in [0.1, 0.15) is 22.9 Å². The number of hydrogen-bond donors (Lipinski definition) is 0. The molecule has 12 nitrogen and oxygen atoms in total. The molecule has 0 fully saturated rings. The second-order valence-electron chi connectivity index (χ2n) is 11.4. The maximum Gasteiger partial charge on any atom is 0.354 e. The normalized spacial score (nSPS) is 10.8. The summed E-state index contributed by atoms with van der Waals surface area (Å²) in [5.41, 5.74) is 2.48. The minimum absolute atomic E-state index is 0.208. The van der Waals surface area contributed by atoms with Crippen LogP contribution in [0.5, 0.6) is 11.5 Å². The third kappa shape index (κ3) is 11.3. The maximum atomic E-state index is 12.3. The van der Waals surface area contributed by atoms with Crippen molar-refractivity contribution >= 4 is 68.9 Å². The van der Waals surface area contributed by atoms with E-state index in [1.54, 1.807) is 66.2 Å². The molecule has 52 heavy (non-hydrogen) atoms. The summed E-state index contributed by atoms with van der Waals surface area (Å²) in [7, 11) is 3.13. The Morgan fingerprint density at radius 2 is 0.904 bits per heavy atom. The zero-order valence-electron chi connectivity index (χ0n) is 30.7. The smallest absolute Gasteiger partial charge is 0.354 e. The van der Waals surface area contributed by atoms with Gasteiger partial charge in [0.25, 0.3) is 0 Å². The zero-order chi connectivity index (χ0) is 38.2. The van der Waals surface area contributed by atoms with Gasteiger partial charge >= 0.3 is 23.9 Å². The van der Waals surface area contributed by atoms with Gasteiger partial charge in [-0.15, -0.1) is 0 Å². The van der Waals surface area contributed by atoms with Crippen molar-refractivity contribution < 1.29 is 47.6 Å². The van der Waals surface area contributed by atoms with Gasteiger partial charge in [0.2, 0.25) is 0 Å². The van der Waals surface area contributed by atoms with Gasteiger partial charge in [0, 0.05) is 48.8 Å². The van der Waals surface area contributed by atoms with E-state index in [-0.39, 0.29) is 11.9 Å². The molecule has 0 saturated carbocycles. The number of rotatable bonds is 18. The average molecular weight is 764 g/mol. The molecule has 2 aromatic carbocycles. The Morgan fingerprint density at radius 3 is 1.23 bits per heavy atom. The number of ether oxygens (including phenoxy) is 6. The Bertz CT molecular complexity index is 1700. The molecule has 0 radical (unpaired) electrons. The molecular weight excluding hydrogens is 715 g/mol. The lowest BCUT2D eigenvalue weighted by atomic mass is 10.2. The van der Waals surface area contributed by atoms with Crippen molar-refractivity contribution in [2.75, 3.05) is 40.6 Å². The topological polar surface area (TPSA) is 134 Å². The number of nitrogens with zero attached hydrogens (tertiary/aromatic N) is 2. The summed E-state index contributed by atoms with van der Waals surface area (Å²) in [4.78, 5) is 47.6. The summed E-state index contributed by atoms with van der Waals surface area (Å²) >= 11 is 12.7. The van der Waals surface area contributed by atoms with Crippen LogP contribution in [0, 0.1) is 0 Å². The summed E-state index contributed by atoms with van der Waals surface area (Å²) in [6, 6.07) is 10.6. The number of hydrogen-bond acceptors (Lipinski definition) is 10. The van der Waals surface area contributed by atoms with Crippen LogP contribution in [0.15, 0.2) is 36.4 Å². The number of aryl methyl sites for hydroxylation is 2. The van der Waals surface area contributed by atoms with E-state index in [0.29, 0.717) is 111 Å². The van der Waals surface area contributed by atoms with Crippen molar-refractivity contribution in [2.45, 2.75) is 79.3 Å². The number of esters is 4. The summed E-state index contributed by atoms with van der Waals surface area (Å²) in [5, 5.41) is 2.55. The number of methoxy groups -OCH3 is 2. The van der Waals surface area contributed by atoms with Crippen molar-refractivity contribution in [1.82, 2.24) is 9.13 Å². The van der Waals surface area contributed by atoms with Crippen molar-refractivity contribution in [3.05, 3.63) is 57.8 Å². The molecule has 4 rings (SSSR count). The lowest BCUT2D eigenvalue weighted by Crippen LogP contribution is -2.12. The highest BCUT2D eigenvalue weighted by atomic mass is 35.5. The summed E-state index contributed by atoms with van der Waals surface area (Å²) in [6.45, 7) is 9.56. The van der Waals surface area contributed by atoms with Crippen molar-refractivity contribution in [3.63, 3.8) is 0 Å². The second-order valence-corrected chi connectivity index (χ2v) is 12.2. The fourth-order valence-corrected chi connectivity index (χ4v) is 6.11. The van der Waals surface area contributed by atoms with Crippen LogP contribution in [-0.2, 0) is 41.6 Å². The Kier molecular flexibility index (Phi) is 17.1. The molecule has 284 valence electrons. The van der Waals surface area contributed by atoms with Gasteiger partial charge in [0.05, 0.1) is 61.7 Å². The molecular formula is C38H48Cl2N2O10. The van der Waals surface area contributed by atoms with Gasteiger partial charge in [0.15, 0.2) is 0 Å². The number of benzene rings is 2. The minimum atomic E-state index is -0.399. The Labute approximate surface area is 314 Å². The highest BCUT2D eigenvalue weighted by molar-refractivity contribution is 6.36. The molecule has 0 aliphatic heterocycles. The summed E-state index contributed by atoms with van der Waals surface area (Å²) in [5.74, 6) is 0.0150. The molecule has 0 unspecified atom stereocenters. The number of halogens is 2. The lowest BCUT2D eigenvalue weighted by molar-refractivity contribution is -0.144. The molecule has 4 aromatic rings. The van der Waals surface area contributed by atoms with Gasteiger partial charge < -0.3 is 37.6 Å². The Morgan fingerprint density at radius 1 is 0.538 bits per heavy atom. The van der Waals surface area contributed by atoms with E-state index in [9.17, 15) is 19.2 Å². The first kappa shape index (κ1) is 42.0. The van der Waals surface area contributed by atoms with E-state index in [0.717, 1.165) is 21.8 Å². The molecule has 0 N–H and O–H groups in total. The largest absolute Gasteiger partial charge is 0.497 e. The standard InChI is InChI=1S/2C19H24ClNO5/c2*1-4-25-18(22)8-6-7-9-21-16-11-13(24-3)10-15(20)14(16)12-17(21)19(23)26-5-2/h2*10-12H,4-9H2,1-3H3. The third-order valence-corrected chi connectivity index (χ3v) is 8.59. The monoisotopic (exact) mass is 762 g/mol. The molecule has 2 heterocycles. The van der Waals surface area contributed by atoms with E-state index < -0.39 is 11.9 Å². The van der Waals surface area contributed by atoms with Crippen molar-refractivity contribution in [2.24, 2.45) is 0 Å². The lowest BCUT2D eigenvalue weighted by Gasteiger charge is -2.11. The number of fused-ring (bicyclic) bond motifs is 2. The SMILES string of the molecule is CCOC(=O)CCCCn1c(C(=O)OCC)cc2c(Cl)cc(OC)cc21.CCOC(=O)CCCCn1c(C(=O)OCC)cc2c(Cl)cc(OC)cc21. The minimum Gasteiger partial charge on any atom is -0.497 e. The molecule has 0 aliphatic carbocycles. The molecule has 14 heteroatoms. The quantitative estimate of drug-likeness (QED) is 0.0553. The first-order chi connectivity index (χ1) is 25.0. The Balaban J connectivity index is 0.000000280. The number of aromatic nitrogens is 2. The second kappa shape index (κ2) is 21.2. The van der Waals surface area contributed by atoms with E-state index in [4.69, 9.17) is 51.6 Å². The average Bonchev–Trinajstić information content (AvgIpc) is 3.68. The van der Waals surface area contributed by atoms with Crippen LogP contribution in [0.3, 0.4) is 0 Å². The third-order valence-electron chi connectivity index (χ3n) is 7.96. The molecule has 0 saturated heterocycles. The molecule has 0 spiro atoms. The van der Waals surface area contributed by atoms with Crippen LogP contribution in [0.25, 0.3) is 21.8 Å². The van der Waals surface area contributed by atoms with E-state index >= 15 is 0 Å². The van der Waals surface area contributed by atoms with Crippen LogP contribution >= 0.6 is 23.2 Å². The van der Waals surface area contributed by atoms with Gasteiger partial charge in [-0.2, -0.15) is 0 Å². The van der Waals surface area contributed by atoms with Crippen molar-refractivity contribution in [1.29, 1.82) is 0 Å². The van der Waals surface area contributed by atoms with Crippen LogP contribution in [0.2, 0.25) is 10.0 Å². The Hall–Kier alpha value is -4.42. The fourth-order valence-electron chi connectivity index (χ4n) is 5.59. The van der Waals surface area contributed by atoms with E-state index in [1.165, 1.54) is 0 Å². The predicted molar refractivity (Wildman–Crippen MR) is 200 cm³/mol. The summed E-state index contributed by atoms with van der Waals surface area (Å²) in [6.07, 6.45) is 3.46. The number of carbonyl (C=O) groups excluding carboxylic acids is 4. The van der Waals surface area contributed by atoms with Gasteiger partial charge in [-0.3, -0.25) is 9.59 Å². The van der Waals surface area contributed by atoms with Gasteiger partial charge in [-0.25, -0.2) is 9.59 Å². The van der Waals surface area contributed by atoms with Gasteiger partial charge in [-0.1, -0.05) is 23.2 Å². The van der Waals surface area contributed by atoms with E-state index in [1.807, 2.05) is 21.3 Å². The van der Waals surface area contributed by atoms with Crippen LogP contribution in [0.1, 0.15) is 87.2 Å². The highest BCUT2D eigenvalue weighted by Gasteiger charge is 2.21. The fraction of sp³-hybridized carbons (Fsp3) is 0.474. The van der Waals surface area contributed by atoms with Crippen LogP contribution < -0.4 is 9.47 Å². The predicted octanol–water partition coefficient (Wildman–Crippen LogP) is 8.43. The number of unbranched alkanes of at least 4 members (excludes halogenated alkanes) is 2. The zero-order valence-corrected chi connectivity index (χ0v) is 32.2. The molecule has 0 aliphatic rings. The van der Waals surface area contributed by atoms with E-state index in [2.05, 4.69) is 0 Å².